The van der Waals surface area contributed by atoms with E-state index in [-0.39, 0.29) is 0 Å². The molecule has 0 saturated heterocycles. The number of nitrogens with zero attached hydrogens (tertiary/aromatic N) is 1. The first kappa shape index (κ1) is 10.8. The molecule has 18 heavy (non-hydrogen) atoms. The van der Waals surface area contributed by atoms with E-state index in [1.165, 1.54) is 16.5 Å². The van der Waals surface area contributed by atoms with E-state index < -0.39 is 0 Å². The Kier molecular flexibility index (Phi) is 2.73. The minimum atomic E-state index is 0.908. The monoisotopic (exact) mass is 233 g/mol. The highest BCUT2D eigenvalue weighted by atomic mass is 14.9. The largest absolute Gasteiger partial charge is 0.343 e. The molecular formula is C17H15N. The van der Waals surface area contributed by atoms with Gasteiger partial charge in [-0.1, -0.05) is 55.1 Å². The summed E-state index contributed by atoms with van der Waals surface area (Å²) in [6, 6.07) is 19.2. The highest BCUT2D eigenvalue weighted by Crippen LogP contribution is 2.17. The van der Waals surface area contributed by atoms with E-state index in [9.17, 15) is 0 Å². The summed E-state index contributed by atoms with van der Waals surface area (Å²) in [5, 5.41) is 1.29. The Morgan fingerprint density at radius 3 is 2.50 bits per heavy atom. The zero-order chi connectivity index (χ0) is 12.4. The van der Waals surface area contributed by atoms with Crippen molar-refractivity contribution < 1.29 is 0 Å². The van der Waals surface area contributed by atoms with Crippen molar-refractivity contribution in [3.8, 4) is 0 Å². The first-order valence-electron chi connectivity index (χ1n) is 6.12. The number of para-hydroxylation sites is 1. The Morgan fingerprint density at radius 1 is 0.944 bits per heavy atom. The molecule has 1 heterocycles. The summed E-state index contributed by atoms with van der Waals surface area (Å²) in [7, 11) is 0. The van der Waals surface area contributed by atoms with Crippen LogP contribution in [0.25, 0.3) is 17.0 Å². The van der Waals surface area contributed by atoms with Crippen molar-refractivity contribution in [2.75, 3.05) is 0 Å². The molecule has 0 fully saturated rings. The molecule has 3 aromatic rings. The summed E-state index contributed by atoms with van der Waals surface area (Å²) in [6.07, 6.45) is 4.01. The van der Waals surface area contributed by atoms with E-state index in [2.05, 4.69) is 71.9 Å². The van der Waals surface area contributed by atoms with Crippen LogP contribution in [-0.4, -0.2) is 4.57 Å². The van der Waals surface area contributed by atoms with Crippen LogP contribution in [-0.2, 0) is 6.54 Å². The molecule has 0 atom stereocenters. The number of hydrogen-bond donors (Lipinski definition) is 0. The predicted octanol–water partition coefficient (Wildman–Crippen LogP) is 4.33. The number of rotatable bonds is 3. The van der Waals surface area contributed by atoms with E-state index in [4.69, 9.17) is 0 Å². The van der Waals surface area contributed by atoms with Crippen LogP contribution >= 0.6 is 0 Å². The molecule has 1 heteroatoms. The summed E-state index contributed by atoms with van der Waals surface area (Å²) in [5.41, 5.74) is 3.75. The molecule has 0 aliphatic carbocycles. The normalized spacial score (nSPS) is 10.7. The maximum Gasteiger partial charge on any atom is 0.0483 e. The summed E-state index contributed by atoms with van der Waals surface area (Å²) >= 11 is 0. The molecule has 1 aromatic heterocycles. The Balaban J connectivity index is 1.93. The van der Waals surface area contributed by atoms with E-state index in [0.717, 1.165) is 12.1 Å². The maximum atomic E-state index is 3.77. The van der Waals surface area contributed by atoms with Crippen LogP contribution in [0.4, 0.5) is 0 Å². The maximum absolute atomic E-state index is 3.77. The fourth-order valence-corrected chi connectivity index (χ4v) is 2.23. The summed E-state index contributed by atoms with van der Waals surface area (Å²) in [6.45, 7) is 4.68. The quantitative estimate of drug-likeness (QED) is 0.634. The van der Waals surface area contributed by atoms with Gasteiger partial charge >= 0.3 is 0 Å². The van der Waals surface area contributed by atoms with Gasteiger partial charge in [0.05, 0.1) is 0 Å². The van der Waals surface area contributed by atoms with Crippen LogP contribution < -0.4 is 0 Å². The second kappa shape index (κ2) is 4.53. The Morgan fingerprint density at radius 2 is 1.72 bits per heavy atom. The third-order valence-electron chi connectivity index (χ3n) is 3.25. The van der Waals surface area contributed by atoms with Crippen molar-refractivity contribution in [1.82, 2.24) is 4.57 Å². The van der Waals surface area contributed by atoms with Crippen LogP contribution in [0.1, 0.15) is 11.1 Å². The second-order valence-corrected chi connectivity index (χ2v) is 4.45. The minimum Gasteiger partial charge on any atom is -0.343 e. The van der Waals surface area contributed by atoms with Gasteiger partial charge in [0.2, 0.25) is 0 Å². The van der Waals surface area contributed by atoms with E-state index >= 15 is 0 Å². The van der Waals surface area contributed by atoms with Gasteiger partial charge in [-0.2, -0.15) is 0 Å². The molecule has 0 unspecified atom stereocenters. The molecule has 1 nitrogen and oxygen atoms in total. The van der Waals surface area contributed by atoms with Gasteiger partial charge < -0.3 is 4.57 Å². The zero-order valence-electron chi connectivity index (χ0n) is 10.2. The Labute approximate surface area is 107 Å². The lowest BCUT2D eigenvalue weighted by molar-refractivity contribution is 0.837. The van der Waals surface area contributed by atoms with Crippen LogP contribution in [0.2, 0.25) is 0 Å². The van der Waals surface area contributed by atoms with E-state index in [1.54, 1.807) is 0 Å². The molecule has 3 rings (SSSR count). The lowest BCUT2D eigenvalue weighted by atomic mass is 10.1. The molecule has 88 valence electrons. The summed E-state index contributed by atoms with van der Waals surface area (Å²) < 4.78 is 2.28. The topological polar surface area (TPSA) is 4.93 Å². The van der Waals surface area contributed by atoms with Crippen molar-refractivity contribution in [3.63, 3.8) is 0 Å². The molecule has 0 amide bonds. The first-order chi connectivity index (χ1) is 8.86. The number of fused-ring (bicyclic) bond motifs is 1. The van der Waals surface area contributed by atoms with Crippen molar-refractivity contribution >= 4 is 17.0 Å². The van der Waals surface area contributed by atoms with Crippen molar-refractivity contribution in [1.29, 1.82) is 0 Å². The van der Waals surface area contributed by atoms with Gasteiger partial charge in [-0.05, 0) is 28.6 Å². The number of benzene rings is 2. The van der Waals surface area contributed by atoms with Crippen molar-refractivity contribution in [2.45, 2.75) is 6.54 Å². The third kappa shape index (κ3) is 1.95. The van der Waals surface area contributed by atoms with Crippen molar-refractivity contribution in [3.05, 3.63) is 78.5 Å². The Hall–Kier alpha value is -2.28. The van der Waals surface area contributed by atoms with Gasteiger partial charge in [0, 0.05) is 18.3 Å². The molecule has 0 radical (unpaired) electrons. The van der Waals surface area contributed by atoms with Gasteiger partial charge in [0.15, 0.2) is 0 Å². The average molecular weight is 233 g/mol. The molecule has 0 spiro atoms. The molecule has 2 aromatic carbocycles. The predicted molar refractivity (Wildman–Crippen MR) is 77.6 cm³/mol. The lowest BCUT2D eigenvalue weighted by Gasteiger charge is -2.06. The standard InChI is InChI=1S/C17H15N/c1-2-14-7-9-15(10-8-14)13-18-12-11-16-5-3-4-6-17(16)18/h2-12H,1,13H2. The van der Waals surface area contributed by atoms with Crippen molar-refractivity contribution in [2.24, 2.45) is 0 Å². The fraction of sp³-hybridized carbons (Fsp3) is 0.0588. The van der Waals surface area contributed by atoms with Gasteiger partial charge in [-0.25, -0.2) is 0 Å². The van der Waals surface area contributed by atoms with Gasteiger partial charge in [0.1, 0.15) is 0 Å². The van der Waals surface area contributed by atoms with E-state index in [1.807, 2.05) is 6.08 Å². The van der Waals surface area contributed by atoms with Gasteiger partial charge in [-0.3, -0.25) is 0 Å². The molecule has 0 aliphatic heterocycles. The molecule has 0 bridgehead atoms. The van der Waals surface area contributed by atoms with Gasteiger partial charge in [-0.15, -0.1) is 0 Å². The van der Waals surface area contributed by atoms with Crippen LogP contribution in [0.15, 0.2) is 67.4 Å². The highest BCUT2D eigenvalue weighted by Gasteiger charge is 2.00. The highest BCUT2D eigenvalue weighted by molar-refractivity contribution is 5.80. The van der Waals surface area contributed by atoms with Gasteiger partial charge in [0.25, 0.3) is 0 Å². The van der Waals surface area contributed by atoms with E-state index in [0.29, 0.717) is 0 Å². The summed E-state index contributed by atoms with van der Waals surface area (Å²) in [5.74, 6) is 0. The third-order valence-corrected chi connectivity index (χ3v) is 3.25. The molecular weight excluding hydrogens is 218 g/mol. The lowest BCUT2D eigenvalue weighted by Crippen LogP contribution is -1.97. The second-order valence-electron chi connectivity index (χ2n) is 4.45. The Bertz CT molecular complexity index is 674. The minimum absolute atomic E-state index is 0.908. The molecule has 0 N–H and O–H groups in total. The number of hydrogen-bond acceptors (Lipinski definition) is 0. The number of aromatic nitrogens is 1. The smallest absolute Gasteiger partial charge is 0.0483 e. The SMILES string of the molecule is C=Cc1ccc(Cn2ccc3ccccc32)cc1. The van der Waals surface area contributed by atoms with Crippen LogP contribution in [0, 0.1) is 0 Å². The first-order valence-corrected chi connectivity index (χ1v) is 6.12. The summed E-state index contributed by atoms with van der Waals surface area (Å²) in [4.78, 5) is 0. The molecule has 0 saturated carbocycles. The fourth-order valence-electron chi connectivity index (χ4n) is 2.23. The zero-order valence-corrected chi connectivity index (χ0v) is 10.2. The average Bonchev–Trinajstić information content (AvgIpc) is 2.83. The van der Waals surface area contributed by atoms with Crippen LogP contribution in [0.5, 0.6) is 0 Å². The van der Waals surface area contributed by atoms with Crippen LogP contribution in [0.3, 0.4) is 0 Å². The molecule has 0 aliphatic rings.